The summed E-state index contributed by atoms with van der Waals surface area (Å²) < 4.78 is 0. The van der Waals surface area contributed by atoms with Crippen molar-refractivity contribution in [2.24, 2.45) is 0 Å². The van der Waals surface area contributed by atoms with Gasteiger partial charge in [-0.05, 0) is 127 Å². The Labute approximate surface area is 465 Å². The quantitative estimate of drug-likeness (QED) is 0.128. The minimum absolute atomic E-state index is 0. The molecule has 0 spiro atoms. The fourth-order valence-electron chi connectivity index (χ4n) is 11.2. The molecule has 0 atom stereocenters. The molecule has 366 valence electrons. The zero-order valence-electron chi connectivity index (χ0n) is 42.8. The third-order valence-corrected chi connectivity index (χ3v) is 15.2. The van der Waals surface area contributed by atoms with E-state index in [4.69, 9.17) is 4.98 Å². The van der Waals surface area contributed by atoms with Crippen molar-refractivity contribution in [2.75, 3.05) is 0 Å². The average Bonchev–Trinajstić information content (AvgIpc) is 3.89. The molecule has 0 radical (unpaired) electrons. The van der Waals surface area contributed by atoms with Crippen LogP contribution in [-0.2, 0) is 25.5 Å². The number of nitrogens with zero attached hydrogens (tertiary/aromatic N) is 3. The molecule has 1 aliphatic carbocycles. The second-order valence-electron chi connectivity index (χ2n) is 20.2. The summed E-state index contributed by atoms with van der Waals surface area (Å²) in [6.45, 7) is 6.88. The molecule has 0 saturated heterocycles. The summed E-state index contributed by atoms with van der Waals surface area (Å²) in [4.78, 5) is 14.2. The topological polar surface area (TPSA) is 38.7 Å². The van der Waals surface area contributed by atoms with Crippen LogP contribution in [0.25, 0.3) is 123 Å². The zero-order valence-corrected chi connectivity index (χ0v) is 45.2. The van der Waals surface area contributed by atoms with Crippen LogP contribution in [0.2, 0.25) is 0 Å². The molecule has 3 aromatic heterocycles. The fraction of sp³-hybridized carbons (Fsp3) is 0.0548. The zero-order chi connectivity index (χ0) is 51.2. The smallest absolute Gasteiger partial charge is 0.305 e. The summed E-state index contributed by atoms with van der Waals surface area (Å²) >= 11 is 0. The molecule has 9 aromatic carbocycles. The first kappa shape index (κ1) is 49.0. The van der Waals surface area contributed by atoms with Gasteiger partial charge in [0, 0.05) is 29.6 Å². The Morgan fingerprint density at radius 1 is 0.312 bits per heavy atom. The van der Waals surface area contributed by atoms with Crippen LogP contribution in [-0.4, -0.2) is 15.0 Å². The molecule has 77 heavy (non-hydrogen) atoms. The van der Waals surface area contributed by atoms with E-state index in [9.17, 15) is 0 Å². The standard InChI is InChI=1S/C73H50N3.Ir/c1-48-41-72(76-47-67(48)49-17-5-4-6-18-49)55-37-29-51(30-38-55)60-20-8-10-22-62(60)57-42-56(61-21-9-7-19-59(61)50-27-33-53(34-28-50)70-25-13-15-39-74-70)43-58(44-57)65-46-69-66(63-23-11-12-24-68(63)73(69,2)3)45-64(65)52-31-35-54(36-32-52)71-26-14-16-40-75-71;/h4-33,35,37,39-47H,1-3H3;/q-3;+3. The van der Waals surface area contributed by atoms with Gasteiger partial charge in [-0.2, -0.15) is 0 Å². The van der Waals surface area contributed by atoms with Gasteiger partial charge in [-0.25, -0.2) is 0 Å². The van der Waals surface area contributed by atoms with Gasteiger partial charge in [-0.1, -0.05) is 187 Å². The number of benzene rings is 9. The molecule has 3 nitrogen and oxygen atoms in total. The number of aryl methyl sites for hydroxylation is 1. The number of rotatable bonds is 10. The number of pyridine rings is 3. The molecule has 0 fully saturated rings. The van der Waals surface area contributed by atoms with Gasteiger partial charge in [0.1, 0.15) is 0 Å². The van der Waals surface area contributed by atoms with E-state index < -0.39 is 0 Å². The van der Waals surface area contributed by atoms with Crippen LogP contribution in [0.4, 0.5) is 0 Å². The number of aromatic nitrogens is 3. The van der Waals surface area contributed by atoms with Gasteiger partial charge < -0.3 is 15.0 Å². The number of fused-ring (bicyclic) bond motifs is 3. The predicted octanol–water partition coefficient (Wildman–Crippen LogP) is 18.6. The van der Waals surface area contributed by atoms with Crippen molar-refractivity contribution in [1.82, 2.24) is 15.0 Å². The molecule has 0 bridgehead atoms. The van der Waals surface area contributed by atoms with Crippen molar-refractivity contribution in [3.05, 3.63) is 284 Å². The fourth-order valence-corrected chi connectivity index (χ4v) is 11.2. The van der Waals surface area contributed by atoms with E-state index in [1.54, 1.807) is 0 Å². The summed E-state index contributed by atoms with van der Waals surface area (Å²) in [6, 6.07) is 93.3. The van der Waals surface area contributed by atoms with Gasteiger partial charge in [0.15, 0.2) is 0 Å². The molecular weight excluding hydrogens is 1110 g/mol. The van der Waals surface area contributed by atoms with E-state index in [1.165, 1.54) is 27.8 Å². The van der Waals surface area contributed by atoms with Crippen molar-refractivity contribution < 1.29 is 20.1 Å². The second kappa shape index (κ2) is 20.7. The van der Waals surface area contributed by atoms with Crippen molar-refractivity contribution >= 4 is 0 Å². The van der Waals surface area contributed by atoms with Crippen LogP contribution in [0.1, 0.15) is 30.5 Å². The first-order chi connectivity index (χ1) is 37.3. The molecule has 0 amide bonds. The first-order valence-electron chi connectivity index (χ1n) is 25.9. The largest absolute Gasteiger partial charge is 3.00 e. The minimum atomic E-state index is -0.216. The maximum Gasteiger partial charge on any atom is 3.00 e. The van der Waals surface area contributed by atoms with Gasteiger partial charge in [0.05, 0.1) is 0 Å². The van der Waals surface area contributed by atoms with Crippen LogP contribution in [0, 0.1) is 25.1 Å². The summed E-state index contributed by atoms with van der Waals surface area (Å²) in [7, 11) is 0. The van der Waals surface area contributed by atoms with Crippen LogP contribution in [0.3, 0.4) is 0 Å². The molecule has 0 aliphatic heterocycles. The molecular formula is C73H50IrN3. The Kier molecular flexibility index (Phi) is 13.1. The Bertz CT molecular complexity index is 4090. The molecule has 1 aliphatic rings. The molecule has 4 heteroatoms. The van der Waals surface area contributed by atoms with E-state index in [0.29, 0.717) is 0 Å². The van der Waals surface area contributed by atoms with Crippen molar-refractivity contribution in [3.8, 4) is 123 Å². The Morgan fingerprint density at radius 3 is 1.25 bits per heavy atom. The van der Waals surface area contributed by atoms with E-state index in [0.717, 1.165) is 112 Å². The van der Waals surface area contributed by atoms with Crippen LogP contribution in [0.15, 0.2) is 249 Å². The minimum Gasteiger partial charge on any atom is -0.305 e. The summed E-state index contributed by atoms with van der Waals surface area (Å²) in [5.74, 6) is 0. The molecule has 0 unspecified atom stereocenters. The number of hydrogen-bond donors (Lipinski definition) is 0. The van der Waals surface area contributed by atoms with Crippen molar-refractivity contribution in [1.29, 1.82) is 0 Å². The summed E-state index contributed by atoms with van der Waals surface area (Å²) in [6.07, 6.45) is 5.65. The maximum absolute atomic E-state index is 4.93. The Morgan fingerprint density at radius 2 is 0.753 bits per heavy atom. The number of hydrogen-bond acceptors (Lipinski definition) is 3. The maximum atomic E-state index is 4.93. The molecule has 0 N–H and O–H groups in total. The van der Waals surface area contributed by atoms with Gasteiger partial charge in [-0.15, -0.1) is 89.5 Å². The van der Waals surface area contributed by atoms with Crippen LogP contribution < -0.4 is 0 Å². The van der Waals surface area contributed by atoms with Crippen molar-refractivity contribution in [3.63, 3.8) is 0 Å². The van der Waals surface area contributed by atoms with Gasteiger partial charge in [0.2, 0.25) is 0 Å². The summed E-state index contributed by atoms with van der Waals surface area (Å²) in [5, 5.41) is 0. The van der Waals surface area contributed by atoms with Crippen LogP contribution >= 0.6 is 0 Å². The first-order valence-corrected chi connectivity index (χ1v) is 25.9. The third-order valence-electron chi connectivity index (χ3n) is 15.2. The van der Waals surface area contributed by atoms with E-state index >= 15 is 0 Å². The van der Waals surface area contributed by atoms with Gasteiger partial charge in [-0.3, -0.25) is 0 Å². The molecule has 3 heterocycles. The summed E-state index contributed by atoms with van der Waals surface area (Å²) in [5.41, 5.74) is 27.4. The molecule has 0 saturated carbocycles. The third kappa shape index (κ3) is 9.27. The van der Waals surface area contributed by atoms with Gasteiger partial charge in [0.25, 0.3) is 0 Å². The average molecular weight is 1160 g/mol. The predicted molar refractivity (Wildman–Crippen MR) is 313 cm³/mol. The second-order valence-corrected chi connectivity index (χ2v) is 20.2. The van der Waals surface area contributed by atoms with Gasteiger partial charge >= 0.3 is 20.1 Å². The van der Waals surface area contributed by atoms with E-state index in [1.807, 2.05) is 61.1 Å². The Hall–Kier alpha value is -8.92. The monoisotopic (exact) mass is 1160 g/mol. The SMILES string of the molecule is Cc1cc(-c2[c-]cc(-c3ccccc3-c3cc(-c4ccccc4-c4c[c-]c(-c5ccccn5)cc4)cc(-c4cc5c(cc4-c4c[c-]c(-c6ccccn6)cc4)-c4ccccc4C5(C)C)c3)cc2)ncc1-c1ccccc1.[Ir+3]. The van der Waals surface area contributed by atoms with E-state index in [-0.39, 0.29) is 25.5 Å². The molecule has 13 rings (SSSR count). The Balaban J connectivity index is 0.00000596. The normalized spacial score (nSPS) is 12.1. The molecule has 12 aromatic rings. The van der Waals surface area contributed by atoms with Crippen molar-refractivity contribution in [2.45, 2.75) is 26.2 Å². The van der Waals surface area contributed by atoms with E-state index in [2.05, 4.69) is 237 Å². The van der Waals surface area contributed by atoms with Crippen LogP contribution in [0.5, 0.6) is 0 Å².